The van der Waals surface area contributed by atoms with Gasteiger partial charge in [-0.3, -0.25) is 9.59 Å². The molecule has 0 radical (unpaired) electrons. The van der Waals surface area contributed by atoms with Gasteiger partial charge in [-0.05, 0) is 44.6 Å². The Morgan fingerprint density at radius 3 is 2.81 bits per heavy atom. The summed E-state index contributed by atoms with van der Waals surface area (Å²) in [6.45, 7) is 3.08. The van der Waals surface area contributed by atoms with Gasteiger partial charge in [0.1, 0.15) is 17.7 Å². The van der Waals surface area contributed by atoms with Gasteiger partial charge in [0.2, 0.25) is 0 Å². The molecule has 8 heteroatoms. The molecule has 0 aliphatic carbocycles. The SMILES string of the molecule is CN(C)CCCn1c(=O)c(C#N)c(N2CCNCC2C(=O)c2cccs2)c2ccccc21. The van der Waals surface area contributed by atoms with E-state index in [1.165, 1.54) is 11.3 Å². The highest BCUT2D eigenvalue weighted by Crippen LogP contribution is 2.32. The number of nitrogens with zero attached hydrogens (tertiary/aromatic N) is 4. The van der Waals surface area contributed by atoms with E-state index in [9.17, 15) is 14.9 Å². The van der Waals surface area contributed by atoms with Crippen molar-refractivity contribution in [3.63, 3.8) is 0 Å². The van der Waals surface area contributed by atoms with Crippen LogP contribution in [-0.2, 0) is 6.54 Å². The van der Waals surface area contributed by atoms with Crippen molar-refractivity contribution in [2.24, 2.45) is 0 Å². The van der Waals surface area contributed by atoms with E-state index < -0.39 is 6.04 Å². The summed E-state index contributed by atoms with van der Waals surface area (Å²) in [7, 11) is 4.00. The van der Waals surface area contributed by atoms with Crippen LogP contribution < -0.4 is 15.8 Å². The second-order valence-corrected chi connectivity index (χ2v) is 9.17. The summed E-state index contributed by atoms with van der Waals surface area (Å²) >= 11 is 1.41. The van der Waals surface area contributed by atoms with E-state index in [2.05, 4.69) is 16.3 Å². The van der Waals surface area contributed by atoms with Crippen molar-refractivity contribution >= 4 is 33.7 Å². The lowest BCUT2D eigenvalue weighted by molar-refractivity contribution is 0.0955. The molecule has 0 amide bonds. The van der Waals surface area contributed by atoms with Crippen molar-refractivity contribution in [2.75, 3.05) is 45.2 Å². The van der Waals surface area contributed by atoms with Crippen LogP contribution in [0.3, 0.4) is 0 Å². The lowest BCUT2D eigenvalue weighted by Crippen LogP contribution is -2.55. The van der Waals surface area contributed by atoms with Crippen molar-refractivity contribution < 1.29 is 4.79 Å². The Balaban J connectivity index is 1.85. The van der Waals surface area contributed by atoms with Crippen molar-refractivity contribution in [3.8, 4) is 6.07 Å². The Morgan fingerprint density at radius 2 is 2.09 bits per heavy atom. The summed E-state index contributed by atoms with van der Waals surface area (Å²) in [6, 6.07) is 13.1. The highest BCUT2D eigenvalue weighted by molar-refractivity contribution is 7.12. The molecule has 3 aromatic rings. The Kier molecular flexibility index (Phi) is 6.70. The molecule has 0 spiro atoms. The van der Waals surface area contributed by atoms with Crippen molar-refractivity contribution in [1.29, 1.82) is 5.26 Å². The molecule has 0 bridgehead atoms. The summed E-state index contributed by atoms with van der Waals surface area (Å²) < 4.78 is 1.71. The minimum atomic E-state index is -0.470. The summed E-state index contributed by atoms with van der Waals surface area (Å²) in [5.74, 6) is 0.00957. The van der Waals surface area contributed by atoms with Gasteiger partial charge in [0.25, 0.3) is 5.56 Å². The Bertz CT molecular complexity index is 1210. The number of thiophene rings is 1. The van der Waals surface area contributed by atoms with Gasteiger partial charge in [0.05, 0.1) is 16.1 Å². The lowest BCUT2D eigenvalue weighted by Gasteiger charge is -2.38. The van der Waals surface area contributed by atoms with E-state index >= 15 is 0 Å². The van der Waals surface area contributed by atoms with Crippen LogP contribution in [-0.4, -0.2) is 61.6 Å². The predicted molar refractivity (Wildman–Crippen MR) is 129 cm³/mol. The minimum Gasteiger partial charge on any atom is -0.357 e. The minimum absolute atomic E-state index is 0.00957. The third-order valence-corrected chi connectivity index (χ3v) is 6.73. The molecule has 7 nitrogen and oxygen atoms in total. The Labute approximate surface area is 191 Å². The van der Waals surface area contributed by atoms with Crippen LogP contribution in [0.5, 0.6) is 0 Å². The first-order valence-electron chi connectivity index (χ1n) is 10.8. The van der Waals surface area contributed by atoms with Crippen LogP contribution in [0, 0.1) is 11.3 Å². The van der Waals surface area contributed by atoms with Crippen molar-refractivity contribution in [1.82, 2.24) is 14.8 Å². The quantitative estimate of drug-likeness (QED) is 0.559. The van der Waals surface area contributed by atoms with Crippen molar-refractivity contribution in [3.05, 3.63) is 62.6 Å². The van der Waals surface area contributed by atoms with E-state index in [1.54, 1.807) is 4.57 Å². The highest BCUT2D eigenvalue weighted by Gasteiger charge is 2.33. The molecule has 1 aliphatic rings. The van der Waals surface area contributed by atoms with E-state index in [0.29, 0.717) is 36.7 Å². The third-order valence-electron chi connectivity index (χ3n) is 5.84. The first kappa shape index (κ1) is 22.2. The number of Topliss-reactive ketones (excluding diaryl/α,β-unsaturated/α-hetero) is 1. The smallest absolute Gasteiger partial charge is 0.271 e. The number of nitrogens with one attached hydrogen (secondary N) is 1. The maximum absolute atomic E-state index is 13.5. The van der Waals surface area contributed by atoms with Gasteiger partial charge in [0, 0.05) is 31.6 Å². The summed E-state index contributed by atoms with van der Waals surface area (Å²) in [5, 5.41) is 16.1. The number of nitriles is 1. The molecule has 2 aromatic heterocycles. The first-order valence-corrected chi connectivity index (χ1v) is 11.7. The van der Waals surface area contributed by atoms with Crippen LogP contribution in [0.15, 0.2) is 46.6 Å². The zero-order chi connectivity index (χ0) is 22.7. The molecule has 32 heavy (non-hydrogen) atoms. The largest absolute Gasteiger partial charge is 0.357 e. The number of anilines is 1. The topological polar surface area (TPSA) is 81.4 Å². The summed E-state index contributed by atoms with van der Waals surface area (Å²) in [6.07, 6.45) is 0.800. The average molecular weight is 450 g/mol. The number of ketones is 1. The molecular formula is C24H27N5O2S. The van der Waals surface area contributed by atoms with Gasteiger partial charge in [-0.15, -0.1) is 11.3 Å². The number of benzene rings is 1. The van der Waals surface area contributed by atoms with E-state index in [1.807, 2.05) is 60.8 Å². The zero-order valence-electron chi connectivity index (χ0n) is 18.4. The molecule has 1 aliphatic heterocycles. The normalized spacial score (nSPS) is 16.4. The Morgan fingerprint density at radius 1 is 1.28 bits per heavy atom. The monoisotopic (exact) mass is 449 g/mol. The van der Waals surface area contributed by atoms with E-state index in [0.717, 1.165) is 23.9 Å². The number of hydrogen-bond acceptors (Lipinski definition) is 7. The summed E-state index contributed by atoms with van der Waals surface area (Å²) in [5.41, 5.74) is 1.19. The van der Waals surface area contributed by atoms with Gasteiger partial charge < -0.3 is 19.7 Å². The third kappa shape index (κ3) is 4.19. The van der Waals surface area contributed by atoms with Crippen LogP contribution in [0.4, 0.5) is 5.69 Å². The number of para-hydroxylation sites is 1. The molecule has 1 fully saturated rings. The number of piperazine rings is 1. The lowest BCUT2D eigenvalue weighted by atomic mass is 10.0. The molecule has 4 rings (SSSR count). The van der Waals surface area contributed by atoms with Crippen LogP contribution >= 0.6 is 11.3 Å². The molecule has 3 heterocycles. The number of fused-ring (bicyclic) bond motifs is 1. The molecule has 1 unspecified atom stereocenters. The molecule has 1 N–H and O–H groups in total. The zero-order valence-corrected chi connectivity index (χ0v) is 19.2. The number of carbonyl (C=O) groups excluding carboxylic acids is 1. The second-order valence-electron chi connectivity index (χ2n) is 8.22. The summed E-state index contributed by atoms with van der Waals surface area (Å²) in [4.78, 5) is 31.5. The highest BCUT2D eigenvalue weighted by atomic mass is 32.1. The van der Waals surface area contributed by atoms with Crippen LogP contribution in [0.2, 0.25) is 0 Å². The number of aromatic nitrogens is 1. The number of rotatable bonds is 7. The molecule has 0 saturated carbocycles. The van der Waals surface area contributed by atoms with Gasteiger partial charge in [-0.2, -0.15) is 5.26 Å². The fourth-order valence-electron chi connectivity index (χ4n) is 4.34. The van der Waals surface area contributed by atoms with Gasteiger partial charge in [-0.1, -0.05) is 24.3 Å². The Hall–Kier alpha value is -2.99. The van der Waals surface area contributed by atoms with E-state index in [4.69, 9.17) is 0 Å². The fraction of sp³-hybridized carbons (Fsp3) is 0.375. The van der Waals surface area contributed by atoms with Gasteiger partial charge >= 0.3 is 0 Å². The predicted octanol–water partition coefficient (Wildman–Crippen LogP) is 2.55. The number of carbonyl (C=O) groups is 1. The standard InChI is InChI=1S/C24H27N5O2S/c1-27(2)11-6-12-29-19-8-4-3-7-17(19)22(18(15-25)24(29)31)28-13-10-26-16-20(28)23(30)21-9-5-14-32-21/h3-5,7-9,14,20,26H,6,10-13,16H2,1-2H3. The molecule has 1 saturated heterocycles. The molecule has 1 aromatic carbocycles. The van der Waals surface area contributed by atoms with Crippen LogP contribution in [0.1, 0.15) is 21.7 Å². The molecule has 166 valence electrons. The maximum Gasteiger partial charge on any atom is 0.271 e. The second kappa shape index (κ2) is 9.65. The van der Waals surface area contributed by atoms with Crippen LogP contribution in [0.25, 0.3) is 10.9 Å². The number of aryl methyl sites for hydroxylation is 1. The van der Waals surface area contributed by atoms with E-state index in [-0.39, 0.29) is 16.9 Å². The average Bonchev–Trinajstić information content (AvgIpc) is 3.34. The first-order chi connectivity index (χ1) is 15.5. The molecule has 1 atom stereocenters. The number of hydrogen-bond donors (Lipinski definition) is 1. The maximum atomic E-state index is 13.5. The van der Waals surface area contributed by atoms with Crippen molar-refractivity contribution in [2.45, 2.75) is 19.0 Å². The van der Waals surface area contributed by atoms with Gasteiger partial charge in [0.15, 0.2) is 5.78 Å². The molecular weight excluding hydrogens is 422 g/mol. The number of pyridine rings is 1. The van der Waals surface area contributed by atoms with Gasteiger partial charge in [-0.25, -0.2) is 0 Å². The fourth-order valence-corrected chi connectivity index (χ4v) is 5.06.